The number of hydrogen-bond acceptors (Lipinski definition) is 5. The van der Waals surface area contributed by atoms with Crippen molar-refractivity contribution in [3.63, 3.8) is 0 Å². The van der Waals surface area contributed by atoms with Crippen LogP contribution >= 0.6 is 11.6 Å². The first kappa shape index (κ1) is 18.0. The zero-order chi connectivity index (χ0) is 18.4. The maximum atomic E-state index is 12.9. The molecule has 0 fully saturated rings. The summed E-state index contributed by atoms with van der Waals surface area (Å²) in [7, 11) is -5.58. The average Bonchev–Trinajstić information content (AvgIpc) is 2.89. The van der Waals surface area contributed by atoms with Gasteiger partial charge in [-0.3, -0.25) is 4.98 Å². The summed E-state index contributed by atoms with van der Waals surface area (Å²) in [5, 5.41) is 10.3. The molecule has 0 aliphatic heterocycles. The number of aliphatic hydroxyl groups excluding tert-OH is 1. The number of aromatic nitrogens is 1. The van der Waals surface area contributed by atoms with E-state index in [2.05, 4.69) is 4.98 Å². The number of nitrogens with zero attached hydrogens (tertiary/aromatic N) is 1. The van der Waals surface area contributed by atoms with E-state index in [1.165, 1.54) is 18.5 Å². The molecule has 1 aromatic carbocycles. The first-order valence-corrected chi connectivity index (χ1v) is 8.91. The molecule has 0 unspecified atom stereocenters. The molecule has 1 heterocycles. The molecule has 0 saturated heterocycles. The van der Waals surface area contributed by atoms with Gasteiger partial charge in [0.1, 0.15) is 11.5 Å². The summed E-state index contributed by atoms with van der Waals surface area (Å²) in [6, 6.07) is 3.38. The van der Waals surface area contributed by atoms with Crippen molar-refractivity contribution in [2.45, 2.75) is 29.3 Å². The van der Waals surface area contributed by atoms with Gasteiger partial charge in [0.15, 0.2) is 0 Å². The number of rotatable bonds is 3. The standard InChI is InChI=1S/C15H11ClF3NO4S/c16-8-5-9(7-20-6-8)24-12-3-4-13(25(22,23)15(17,18)19)14-10(12)1-2-11(14)21/h3-7,11,21H,1-2H2/t11-/m1/s1. The highest BCUT2D eigenvalue weighted by molar-refractivity contribution is 7.92. The number of hydrogen-bond donors (Lipinski definition) is 1. The van der Waals surface area contributed by atoms with Crippen molar-refractivity contribution in [3.05, 3.63) is 46.7 Å². The number of benzene rings is 1. The second kappa shape index (κ2) is 6.15. The third-order valence-corrected chi connectivity index (χ3v) is 5.53. The molecule has 1 aromatic heterocycles. The lowest BCUT2D eigenvalue weighted by atomic mass is 10.1. The number of fused-ring (bicyclic) bond motifs is 1. The van der Waals surface area contributed by atoms with Gasteiger partial charge in [0.05, 0.1) is 22.2 Å². The Morgan fingerprint density at radius 2 is 2.00 bits per heavy atom. The molecule has 1 atom stereocenters. The highest BCUT2D eigenvalue weighted by Crippen LogP contribution is 2.45. The highest BCUT2D eigenvalue weighted by Gasteiger charge is 2.49. The van der Waals surface area contributed by atoms with E-state index < -0.39 is 26.3 Å². The number of aliphatic hydroxyl groups is 1. The third kappa shape index (κ3) is 3.19. The minimum absolute atomic E-state index is 0.101. The van der Waals surface area contributed by atoms with E-state index in [4.69, 9.17) is 16.3 Å². The van der Waals surface area contributed by atoms with E-state index in [1.54, 1.807) is 0 Å². The highest BCUT2D eigenvalue weighted by atomic mass is 35.5. The summed E-state index contributed by atoms with van der Waals surface area (Å²) in [6.45, 7) is 0. The molecule has 0 radical (unpaired) electrons. The third-order valence-electron chi connectivity index (χ3n) is 3.78. The van der Waals surface area contributed by atoms with E-state index in [0.717, 1.165) is 12.1 Å². The largest absolute Gasteiger partial charge is 0.501 e. The van der Waals surface area contributed by atoms with E-state index >= 15 is 0 Å². The van der Waals surface area contributed by atoms with Crippen LogP contribution in [-0.2, 0) is 16.3 Å². The quantitative estimate of drug-likeness (QED) is 0.858. The first-order valence-electron chi connectivity index (χ1n) is 7.05. The fourth-order valence-corrected chi connectivity index (χ4v) is 3.91. The van der Waals surface area contributed by atoms with Crippen LogP contribution in [0.1, 0.15) is 23.7 Å². The summed E-state index contributed by atoms with van der Waals surface area (Å²) in [6.07, 6.45) is 1.69. The Kier molecular flexibility index (Phi) is 4.42. The van der Waals surface area contributed by atoms with Gasteiger partial charge in [0.2, 0.25) is 0 Å². The lowest BCUT2D eigenvalue weighted by molar-refractivity contribution is -0.0437. The van der Waals surface area contributed by atoms with Crippen LogP contribution in [0.25, 0.3) is 0 Å². The zero-order valence-corrected chi connectivity index (χ0v) is 14.0. The normalized spacial score (nSPS) is 17.4. The number of ether oxygens (including phenoxy) is 1. The molecule has 1 N–H and O–H groups in total. The smallest absolute Gasteiger partial charge is 0.455 e. The summed E-state index contributed by atoms with van der Waals surface area (Å²) >= 11 is 5.80. The van der Waals surface area contributed by atoms with Crippen molar-refractivity contribution in [2.75, 3.05) is 0 Å². The van der Waals surface area contributed by atoms with Gasteiger partial charge in [-0.2, -0.15) is 13.2 Å². The molecule has 0 saturated carbocycles. The van der Waals surface area contributed by atoms with Crippen LogP contribution in [0.4, 0.5) is 13.2 Å². The van der Waals surface area contributed by atoms with Gasteiger partial charge in [-0.1, -0.05) is 11.6 Å². The summed E-state index contributed by atoms with van der Waals surface area (Å²) in [4.78, 5) is 2.88. The minimum Gasteiger partial charge on any atom is -0.455 e. The van der Waals surface area contributed by atoms with Crippen LogP contribution in [0.5, 0.6) is 11.5 Å². The fourth-order valence-electron chi connectivity index (χ4n) is 2.70. The molecule has 2 aromatic rings. The Labute approximate surface area is 145 Å². The minimum atomic E-state index is -5.58. The maximum Gasteiger partial charge on any atom is 0.501 e. The molecule has 0 spiro atoms. The van der Waals surface area contributed by atoms with E-state index in [-0.39, 0.29) is 35.5 Å². The van der Waals surface area contributed by atoms with Gasteiger partial charge in [-0.05, 0) is 25.0 Å². The van der Waals surface area contributed by atoms with Gasteiger partial charge < -0.3 is 9.84 Å². The second-order valence-corrected chi connectivity index (χ2v) is 7.74. The van der Waals surface area contributed by atoms with E-state index in [9.17, 15) is 26.7 Å². The number of sulfone groups is 1. The van der Waals surface area contributed by atoms with Gasteiger partial charge in [0, 0.05) is 23.4 Å². The molecule has 1 aliphatic carbocycles. The second-order valence-electron chi connectivity index (χ2n) is 5.40. The van der Waals surface area contributed by atoms with E-state index in [1.807, 2.05) is 0 Å². The van der Waals surface area contributed by atoms with Gasteiger partial charge in [-0.15, -0.1) is 0 Å². The van der Waals surface area contributed by atoms with Crippen molar-refractivity contribution in [1.29, 1.82) is 0 Å². The summed E-state index contributed by atoms with van der Waals surface area (Å²) in [5.74, 6) is 0.388. The van der Waals surface area contributed by atoms with Crippen LogP contribution in [0, 0.1) is 0 Å². The summed E-state index contributed by atoms with van der Waals surface area (Å²) in [5.41, 5.74) is -5.51. The van der Waals surface area contributed by atoms with Crippen LogP contribution in [0.15, 0.2) is 35.5 Å². The molecule has 0 bridgehead atoms. The molecule has 5 nitrogen and oxygen atoms in total. The number of pyridine rings is 1. The van der Waals surface area contributed by atoms with Crippen LogP contribution < -0.4 is 4.74 Å². The number of halogens is 4. The predicted molar refractivity (Wildman–Crippen MR) is 82.3 cm³/mol. The average molecular weight is 394 g/mol. The SMILES string of the molecule is O=S(=O)(c1ccc(Oc2cncc(Cl)c2)c2c1[C@H](O)CC2)C(F)(F)F. The van der Waals surface area contributed by atoms with Crippen LogP contribution in [0.2, 0.25) is 5.02 Å². The Morgan fingerprint density at radius 1 is 1.28 bits per heavy atom. The molecule has 25 heavy (non-hydrogen) atoms. The van der Waals surface area contributed by atoms with Gasteiger partial charge in [0.25, 0.3) is 9.84 Å². The topological polar surface area (TPSA) is 76.5 Å². The lowest BCUT2D eigenvalue weighted by Crippen LogP contribution is -2.24. The van der Waals surface area contributed by atoms with Crippen molar-refractivity contribution >= 4 is 21.4 Å². The zero-order valence-electron chi connectivity index (χ0n) is 12.4. The first-order chi connectivity index (χ1) is 11.6. The Hall–Kier alpha value is -1.84. The van der Waals surface area contributed by atoms with Crippen molar-refractivity contribution in [2.24, 2.45) is 0 Å². The maximum absolute atomic E-state index is 12.9. The summed E-state index contributed by atoms with van der Waals surface area (Å²) < 4.78 is 67.8. The molecule has 1 aliphatic rings. The Balaban J connectivity index is 2.11. The monoisotopic (exact) mass is 393 g/mol. The molecule has 10 heteroatoms. The fraction of sp³-hybridized carbons (Fsp3) is 0.267. The van der Waals surface area contributed by atoms with Crippen molar-refractivity contribution in [1.82, 2.24) is 4.98 Å². The molecule has 3 rings (SSSR count). The Bertz CT molecular complexity index is 931. The molecule has 0 amide bonds. The molecule has 134 valence electrons. The van der Waals surface area contributed by atoms with Crippen LogP contribution in [-0.4, -0.2) is 24.0 Å². The van der Waals surface area contributed by atoms with Gasteiger partial charge in [-0.25, -0.2) is 8.42 Å². The van der Waals surface area contributed by atoms with E-state index in [0.29, 0.717) is 5.02 Å². The van der Waals surface area contributed by atoms with Crippen molar-refractivity contribution in [3.8, 4) is 11.5 Å². The molecular formula is C15H11ClF3NO4S. The predicted octanol–water partition coefficient (Wildman–Crippen LogP) is 3.80. The molecular weight excluding hydrogens is 383 g/mol. The lowest BCUT2D eigenvalue weighted by Gasteiger charge is -2.17. The number of alkyl halides is 3. The Morgan fingerprint density at radius 3 is 2.64 bits per heavy atom. The van der Waals surface area contributed by atoms with Crippen LogP contribution in [0.3, 0.4) is 0 Å². The van der Waals surface area contributed by atoms with Gasteiger partial charge >= 0.3 is 5.51 Å². The van der Waals surface area contributed by atoms with Crippen molar-refractivity contribution < 1.29 is 31.4 Å².